The van der Waals surface area contributed by atoms with Crippen LogP contribution >= 0.6 is 11.6 Å². The first kappa shape index (κ1) is 21.7. The second-order valence-corrected chi connectivity index (χ2v) is 8.13. The van der Waals surface area contributed by atoms with Crippen molar-refractivity contribution in [2.45, 2.75) is 6.04 Å². The quantitative estimate of drug-likeness (QED) is 0.356. The molecule has 1 aliphatic rings. The number of furan rings is 1. The number of methoxy groups -OCH3 is 1. The third kappa shape index (κ3) is 3.50. The Kier molecular flexibility index (Phi) is 5.34. The Hall–Kier alpha value is -4.10. The van der Waals surface area contributed by atoms with Crippen LogP contribution in [-0.4, -0.2) is 23.9 Å². The van der Waals surface area contributed by atoms with Gasteiger partial charge in [0.1, 0.15) is 5.82 Å². The first-order valence-corrected chi connectivity index (χ1v) is 10.7. The Morgan fingerprint density at radius 1 is 1.09 bits per heavy atom. The van der Waals surface area contributed by atoms with Gasteiger partial charge in [0.15, 0.2) is 22.9 Å². The number of fused-ring (bicyclic) bond motifs is 1. The molecule has 0 bridgehead atoms. The van der Waals surface area contributed by atoms with Gasteiger partial charge in [-0.3, -0.25) is 14.5 Å². The molecule has 0 fully saturated rings. The molecule has 1 N–H and O–H groups in total. The van der Waals surface area contributed by atoms with E-state index in [0.717, 1.165) is 0 Å². The number of carbonyl (C=O) groups excluding carboxylic acids is 2. The smallest absolute Gasteiger partial charge is 0.294 e. The van der Waals surface area contributed by atoms with E-state index in [-0.39, 0.29) is 17.0 Å². The standard InChI is InChI=1S/C26H17ClFNO5/c1-33-20-12-16(27)10-15-11-19(34-25(15)20)23(30)21-22(14-6-3-2-4-7-14)29(26(32)24(21)31)18-9-5-8-17(28)13-18/h2-13,22,31H,1H3. The SMILES string of the molecule is COc1cc(Cl)cc2cc(C(=O)C3=C(O)C(=O)N(c4cccc(F)c4)C3c3ccccc3)oc12. The zero-order valence-corrected chi connectivity index (χ0v) is 18.5. The summed E-state index contributed by atoms with van der Waals surface area (Å²) in [6.07, 6.45) is 0. The molecule has 8 heteroatoms. The topological polar surface area (TPSA) is 80.0 Å². The number of hydrogen-bond donors (Lipinski definition) is 1. The molecule has 3 aromatic carbocycles. The lowest BCUT2D eigenvalue weighted by Gasteiger charge is -2.26. The Bertz CT molecular complexity index is 1480. The fraction of sp³-hybridized carbons (Fsp3) is 0.0769. The van der Waals surface area contributed by atoms with Crippen LogP contribution in [0.15, 0.2) is 88.5 Å². The van der Waals surface area contributed by atoms with Gasteiger partial charge in [-0.25, -0.2) is 4.39 Å². The molecule has 1 unspecified atom stereocenters. The number of amides is 1. The molecule has 0 saturated heterocycles. The van der Waals surface area contributed by atoms with Gasteiger partial charge in [-0.15, -0.1) is 0 Å². The second kappa shape index (κ2) is 8.35. The minimum atomic E-state index is -0.998. The van der Waals surface area contributed by atoms with Crippen LogP contribution in [0.3, 0.4) is 0 Å². The van der Waals surface area contributed by atoms with E-state index < -0.39 is 29.3 Å². The zero-order valence-electron chi connectivity index (χ0n) is 17.8. The van der Waals surface area contributed by atoms with E-state index in [1.54, 1.807) is 42.5 Å². The molecule has 1 aliphatic heterocycles. The van der Waals surface area contributed by atoms with Crippen molar-refractivity contribution in [1.29, 1.82) is 0 Å². The number of carbonyl (C=O) groups is 2. The molecule has 6 nitrogen and oxygen atoms in total. The maximum absolute atomic E-state index is 14.0. The van der Waals surface area contributed by atoms with Crippen molar-refractivity contribution in [3.8, 4) is 5.75 Å². The number of aliphatic hydroxyl groups is 1. The number of halogens is 2. The van der Waals surface area contributed by atoms with E-state index in [4.69, 9.17) is 20.8 Å². The van der Waals surface area contributed by atoms with E-state index in [9.17, 15) is 19.1 Å². The lowest BCUT2D eigenvalue weighted by atomic mass is 9.95. The zero-order chi connectivity index (χ0) is 24.0. The molecular weight excluding hydrogens is 461 g/mol. The summed E-state index contributed by atoms with van der Waals surface area (Å²) in [5, 5.41) is 11.7. The van der Waals surface area contributed by atoms with E-state index in [1.165, 1.54) is 42.3 Å². The maximum atomic E-state index is 14.0. The van der Waals surface area contributed by atoms with Gasteiger partial charge in [-0.05, 0) is 35.9 Å². The van der Waals surface area contributed by atoms with Crippen molar-refractivity contribution >= 4 is 39.9 Å². The largest absolute Gasteiger partial charge is 0.503 e. The minimum Gasteiger partial charge on any atom is -0.503 e. The molecule has 34 heavy (non-hydrogen) atoms. The Morgan fingerprint density at radius 2 is 1.85 bits per heavy atom. The van der Waals surface area contributed by atoms with Crippen LogP contribution < -0.4 is 9.64 Å². The number of Topliss-reactive ketones (excluding diaryl/α,β-unsaturated/α-hetero) is 1. The van der Waals surface area contributed by atoms with Crippen molar-refractivity contribution in [3.63, 3.8) is 0 Å². The van der Waals surface area contributed by atoms with Crippen molar-refractivity contribution in [1.82, 2.24) is 0 Å². The van der Waals surface area contributed by atoms with Crippen LogP contribution in [0.25, 0.3) is 11.0 Å². The van der Waals surface area contributed by atoms with E-state index >= 15 is 0 Å². The summed E-state index contributed by atoms with van der Waals surface area (Å²) in [6.45, 7) is 0. The predicted octanol–water partition coefficient (Wildman–Crippen LogP) is 6.02. The van der Waals surface area contributed by atoms with Crippen LogP contribution in [0.2, 0.25) is 5.02 Å². The molecule has 0 saturated carbocycles. The number of aliphatic hydroxyl groups excluding tert-OH is 1. The van der Waals surface area contributed by atoms with Gasteiger partial charge in [0.2, 0.25) is 5.78 Å². The molecule has 1 atom stereocenters. The van der Waals surface area contributed by atoms with Gasteiger partial charge in [-0.2, -0.15) is 0 Å². The van der Waals surface area contributed by atoms with Crippen molar-refractivity contribution < 1.29 is 28.2 Å². The molecule has 4 aromatic rings. The molecule has 0 spiro atoms. The molecule has 0 radical (unpaired) electrons. The molecule has 1 aromatic heterocycles. The van der Waals surface area contributed by atoms with Crippen LogP contribution in [0.4, 0.5) is 10.1 Å². The van der Waals surface area contributed by atoms with Crippen LogP contribution in [0.1, 0.15) is 22.2 Å². The minimum absolute atomic E-state index is 0.105. The van der Waals surface area contributed by atoms with Crippen LogP contribution in [-0.2, 0) is 4.79 Å². The molecule has 0 aliphatic carbocycles. The average Bonchev–Trinajstić information content (AvgIpc) is 3.37. The summed E-state index contributed by atoms with van der Waals surface area (Å²) in [6, 6.07) is 17.8. The Morgan fingerprint density at radius 3 is 2.56 bits per heavy atom. The predicted molar refractivity (Wildman–Crippen MR) is 125 cm³/mol. The maximum Gasteiger partial charge on any atom is 0.294 e. The number of rotatable bonds is 5. The summed E-state index contributed by atoms with van der Waals surface area (Å²) in [5.41, 5.74) is 0.887. The molecule has 1 amide bonds. The highest BCUT2D eigenvalue weighted by Gasteiger charge is 2.45. The van der Waals surface area contributed by atoms with Crippen molar-refractivity contribution in [2.75, 3.05) is 12.0 Å². The van der Waals surface area contributed by atoms with Crippen LogP contribution in [0, 0.1) is 5.82 Å². The molecule has 5 rings (SSSR count). The van der Waals surface area contributed by atoms with E-state index in [2.05, 4.69) is 0 Å². The van der Waals surface area contributed by atoms with Crippen molar-refractivity contribution in [2.24, 2.45) is 0 Å². The van der Waals surface area contributed by atoms with Crippen LogP contribution in [0.5, 0.6) is 5.75 Å². The molecule has 170 valence electrons. The summed E-state index contributed by atoms with van der Waals surface area (Å²) in [5.74, 6) is -2.56. The molecule has 2 heterocycles. The van der Waals surface area contributed by atoms with Gasteiger partial charge in [0.05, 0.1) is 18.7 Å². The normalized spacial score (nSPS) is 15.9. The fourth-order valence-corrected chi connectivity index (χ4v) is 4.38. The van der Waals surface area contributed by atoms with Gasteiger partial charge in [0, 0.05) is 22.2 Å². The lowest BCUT2D eigenvalue weighted by molar-refractivity contribution is -0.117. The number of hydrogen-bond acceptors (Lipinski definition) is 5. The summed E-state index contributed by atoms with van der Waals surface area (Å²) >= 11 is 6.13. The van der Waals surface area contributed by atoms with Crippen molar-refractivity contribution in [3.05, 3.63) is 106 Å². The Labute approximate surface area is 198 Å². The number of nitrogens with zero attached hydrogens (tertiary/aromatic N) is 1. The van der Waals surface area contributed by atoms with E-state index in [0.29, 0.717) is 27.3 Å². The summed E-state index contributed by atoms with van der Waals surface area (Å²) in [7, 11) is 1.45. The third-order valence-electron chi connectivity index (χ3n) is 5.65. The average molecular weight is 478 g/mol. The number of benzene rings is 3. The number of anilines is 1. The number of ketones is 1. The summed E-state index contributed by atoms with van der Waals surface area (Å²) in [4.78, 5) is 28.0. The number of ether oxygens (including phenoxy) is 1. The van der Waals surface area contributed by atoms with E-state index in [1.807, 2.05) is 0 Å². The van der Waals surface area contributed by atoms with Gasteiger partial charge >= 0.3 is 0 Å². The summed E-state index contributed by atoms with van der Waals surface area (Å²) < 4.78 is 25.1. The second-order valence-electron chi connectivity index (χ2n) is 7.70. The highest BCUT2D eigenvalue weighted by molar-refractivity contribution is 6.31. The van der Waals surface area contributed by atoms with Gasteiger partial charge in [0.25, 0.3) is 5.91 Å². The highest BCUT2D eigenvalue weighted by Crippen LogP contribution is 2.43. The fourth-order valence-electron chi connectivity index (χ4n) is 4.16. The third-order valence-corrected chi connectivity index (χ3v) is 5.86. The first-order chi connectivity index (χ1) is 16.4. The Balaban J connectivity index is 1.66. The van der Waals surface area contributed by atoms with Gasteiger partial charge < -0.3 is 14.3 Å². The highest BCUT2D eigenvalue weighted by atomic mass is 35.5. The molecular formula is C26H17ClFNO5. The monoisotopic (exact) mass is 477 g/mol. The lowest BCUT2D eigenvalue weighted by Crippen LogP contribution is -2.31. The first-order valence-electron chi connectivity index (χ1n) is 10.3. The van der Waals surface area contributed by atoms with Gasteiger partial charge in [-0.1, -0.05) is 48.0 Å².